The molecular formula is C25H30F3N6O2S3-. The van der Waals surface area contributed by atoms with Crippen LogP contribution in [0.15, 0.2) is 36.4 Å². The molecule has 2 heterocycles. The number of carbonyl (C=O) groups excluding carboxylic acids is 1. The fraction of sp³-hybridized carbons (Fsp3) is 0.400. The number of ether oxygens (including phenoxy) is 1. The number of thioether (sulfide) groups is 2. The van der Waals surface area contributed by atoms with Crippen molar-refractivity contribution in [2.45, 2.75) is 19.2 Å². The van der Waals surface area contributed by atoms with Crippen molar-refractivity contribution in [2.75, 3.05) is 42.4 Å². The molecule has 2 aromatic carbocycles. The molecule has 4 aromatic rings. The Morgan fingerprint density at radius 2 is 1.82 bits per heavy atom. The lowest BCUT2D eigenvalue weighted by atomic mass is 10.2. The fourth-order valence-corrected chi connectivity index (χ4v) is 5.19. The summed E-state index contributed by atoms with van der Waals surface area (Å²) >= 11 is 4.72. The van der Waals surface area contributed by atoms with Gasteiger partial charge in [-0.15, -0.1) is 13.2 Å². The van der Waals surface area contributed by atoms with Crippen molar-refractivity contribution in [2.24, 2.45) is 7.05 Å². The molecule has 0 aliphatic heterocycles. The van der Waals surface area contributed by atoms with Crippen LogP contribution in [0.25, 0.3) is 27.0 Å². The third-order valence-electron chi connectivity index (χ3n) is 5.29. The summed E-state index contributed by atoms with van der Waals surface area (Å²) in [5, 5.41) is 6.48. The summed E-state index contributed by atoms with van der Waals surface area (Å²) in [5.74, 6) is 2.17. The van der Waals surface area contributed by atoms with Crippen LogP contribution in [0.5, 0.6) is 5.75 Å². The van der Waals surface area contributed by atoms with Crippen molar-refractivity contribution < 1.29 is 22.7 Å². The molecule has 0 unspecified atom stereocenters. The Labute approximate surface area is 237 Å². The van der Waals surface area contributed by atoms with Crippen molar-refractivity contribution in [1.29, 1.82) is 0 Å². The van der Waals surface area contributed by atoms with Crippen LogP contribution in [0.3, 0.4) is 0 Å². The lowest BCUT2D eigenvalue weighted by Crippen LogP contribution is -2.24. The number of hydrogen-bond donors (Lipinski definition) is 2. The van der Waals surface area contributed by atoms with Gasteiger partial charge in [0.15, 0.2) is 5.13 Å². The van der Waals surface area contributed by atoms with Gasteiger partial charge >= 0.3 is 6.36 Å². The van der Waals surface area contributed by atoms with E-state index in [1.54, 1.807) is 35.7 Å². The average Bonchev–Trinajstić information content (AvgIpc) is 3.43. The van der Waals surface area contributed by atoms with Gasteiger partial charge in [-0.2, -0.15) is 30.1 Å². The molecule has 212 valence electrons. The zero-order valence-electron chi connectivity index (χ0n) is 21.7. The standard InChI is InChI=1S/C21H20F3N5O2S2.C4H10NS/c1-29-16-7-4-12(18(30)25-8-3-9-32-2)10-15(16)26-19(29)28-20-27-14-6-5-13(11-17(14)33-20)31-21(22,23)24;1-6-4-2-3-5/h4-7,10-11H,3,8-9H2,1-2H3,(H,25,30)(H,26,27,28);5H,2-4H2,1H3/q;-1. The van der Waals surface area contributed by atoms with Crippen LogP contribution in [-0.4, -0.2) is 63.9 Å². The number of anilines is 2. The highest BCUT2D eigenvalue weighted by atomic mass is 32.2. The molecule has 8 nitrogen and oxygen atoms in total. The van der Waals surface area contributed by atoms with E-state index in [0.29, 0.717) is 45.5 Å². The van der Waals surface area contributed by atoms with Gasteiger partial charge in [-0.3, -0.25) is 4.79 Å². The summed E-state index contributed by atoms with van der Waals surface area (Å²) in [6.07, 6.45) is 1.28. The first-order valence-corrected chi connectivity index (χ1v) is 15.6. The molecule has 14 heteroatoms. The van der Waals surface area contributed by atoms with E-state index >= 15 is 0 Å². The molecule has 4 rings (SSSR count). The van der Waals surface area contributed by atoms with Crippen LogP contribution in [0.2, 0.25) is 0 Å². The summed E-state index contributed by atoms with van der Waals surface area (Å²) in [4.78, 5) is 21.4. The number of thiazole rings is 1. The van der Waals surface area contributed by atoms with Gasteiger partial charge in [0.05, 0.1) is 21.3 Å². The molecule has 1 amide bonds. The van der Waals surface area contributed by atoms with Gasteiger partial charge in [0, 0.05) is 25.2 Å². The number of aryl methyl sites for hydroxylation is 1. The number of hydrogen-bond acceptors (Lipinski definition) is 8. The second-order valence-corrected chi connectivity index (χ2v) is 11.2. The van der Waals surface area contributed by atoms with Crippen LogP contribution in [0, 0.1) is 0 Å². The molecule has 39 heavy (non-hydrogen) atoms. The minimum atomic E-state index is -4.75. The quantitative estimate of drug-likeness (QED) is 0.177. The number of nitrogens with one attached hydrogen (secondary N) is 3. The van der Waals surface area contributed by atoms with Gasteiger partial charge in [0.25, 0.3) is 5.91 Å². The number of nitrogens with zero attached hydrogens (tertiary/aromatic N) is 3. The van der Waals surface area contributed by atoms with E-state index in [4.69, 9.17) is 5.73 Å². The maximum atomic E-state index is 12.5. The number of aromatic nitrogens is 3. The number of fused-ring (bicyclic) bond motifs is 2. The predicted octanol–water partition coefficient (Wildman–Crippen LogP) is 7.10. The van der Waals surface area contributed by atoms with Gasteiger partial charge in [-0.1, -0.05) is 17.8 Å². The number of imidazole rings is 1. The van der Waals surface area contributed by atoms with Crippen LogP contribution in [-0.2, 0) is 7.05 Å². The van der Waals surface area contributed by atoms with Gasteiger partial charge in [0.2, 0.25) is 5.95 Å². The number of alkyl halides is 3. The average molecular weight is 600 g/mol. The summed E-state index contributed by atoms with van der Waals surface area (Å²) in [6.45, 7) is 1.20. The largest absolute Gasteiger partial charge is 0.677 e. The van der Waals surface area contributed by atoms with Crippen molar-refractivity contribution in [3.05, 3.63) is 47.7 Å². The summed E-state index contributed by atoms with van der Waals surface area (Å²) in [5.41, 5.74) is 9.21. The van der Waals surface area contributed by atoms with Crippen LogP contribution >= 0.6 is 34.9 Å². The zero-order chi connectivity index (χ0) is 28.4. The molecule has 0 bridgehead atoms. The summed E-state index contributed by atoms with van der Waals surface area (Å²) < 4.78 is 43.7. The molecule has 0 radical (unpaired) electrons. The monoisotopic (exact) mass is 599 g/mol. The first-order chi connectivity index (χ1) is 18.6. The molecular weight excluding hydrogens is 570 g/mol. The molecule has 3 N–H and O–H groups in total. The highest BCUT2D eigenvalue weighted by Gasteiger charge is 2.31. The first kappa shape index (κ1) is 30.9. The van der Waals surface area contributed by atoms with Crippen LogP contribution in [0.1, 0.15) is 23.2 Å². The van der Waals surface area contributed by atoms with Crippen molar-refractivity contribution in [3.63, 3.8) is 0 Å². The molecule has 0 saturated carbocycles. The van der Waals surface area contributed by atoms with E-state index in [0.717, 1.165) is 29.9 Å². The Hall–Kier alpha value is -2.68. The fourth-order valence-electron chi connectivity index (χ4n) is 3.44. The predicted molar refractivity (Wildman–Crippen MR) is 158 cm³/mol. The van der Waals surface area contributed by atoms with Crippen LogP contribution < -0.4 is 15.4 Å². The van der Waals surface area contributed by atoms with Crippen LogP contribution in [0.4, 0.5) is 24.3 Å². The maximum absolute atomic E-state index is 12.5. The highest BCUT2D eigenvalue weighted by molar-refractivity contribution is 7.98. The first-order valence-electron chi connectivity index (χ1n) is 12.0. The molecule has 0 aliphatic rings. The van der Waals surface area contributed by atoms with Gasteiger partial charge in [0.1, 0.15) is 5.75 Å². The Morgan fingerprint density at radius 3 is 2.49 bits per heavy atom. The minimum Gasteiger partial charge on any atom is -0.677 e. The summed E-state index contributed by atoms with van der Waals surface area (Å²) in [7, 11) is 1.82. The second-order valence-electron chi connectivity index (χ2n) is 8.22. The molecule has 0 saturated heterocycles. The normalized spacial score (nSPS) is 11.4. The van der Waals surface area contributed by atoms with Crippen molar-refractivity contribution in [1.82, 2.24) is 19.9 Å². The third kappa shape index (κ3) is 9.19. The molecule has 0 spiro atoms. The van der Waals surface area contributed by atoms with Crippen molar-refractivity contribution in [3.8, 4) is 5.75 Å². The van der Waals surface area contributed by atoms with Gasteiger partial charge in [-0.25, -0.2) is 9.97 Å². The lowest BCUT2D eigenvalue weighted by Gasteiger charge is -2.07. The molecule has 0 aliphatic carbocycles. The Kier molecular flexibility index (Phi) is 11.6. The number of benzene rings is 2. The minimum absolute atomic E-state index is 0.152. The van der Waals surface area contributed by atoms with Gasteiger partial charge in [-0.05, 0) is 60.8 Å². The van der Waals surface area contributed by atoms with E-state index in [1.807, 2.05) is 23.9 Å². The third-order valence-corrected chi connectivity index (χ3v) is 7.62. The number of amides is 1. The maximum Gasteiger partial charge on any atom is 0.573 e. The number of halogens is 3. The summed E-state index contributed by atoms with van der Waals surface area (Å²) in [6, 6.07) is 9.29. The van der Waals surface area contributed by atoms with Gasteiger partial charge < -0.3 is 25.7 Å². The molecule has 2 aromatic heterocycles. The smallest absolute Gasteiger partial charge is 0.573 e. The van der Waals surface area contributed by atoms with E-state index in [-0.39, 0.29) is 11.7 Å². The Balaban J connectivity index is 0.000000631. The molecule has 0 atom stereocenters. The zero-order valence-corrected chi connectivity index (χ0v) is 24.2. The van der Waals surface area contributed by atoms with E-state index in [1.165, 1.54) is 29.5 Å². The Bertz CT molecular complexity index is 1370. The topological polar surface area (TPSA) is 105 Å². The van der Waals surface area contributed by atoms with E-state index in [9.17, 15) is 18.0 Å². The number of rotatable bonds is 11. The van der Waals surface area contributed by atoms with Crippen molar-refractivity contribution >= 4 is 73.1 Å². The highest BCUT2D eigenvalue weighted by Crippen LogP contribution is 2.33. The second kappa shape index (κ2) is 14.6. The Morgan fingerprint density at radius 1 is 1.08 bits per heavy atom. The number of carbonyl (C=O) groups is 1. The van der Waals surface area contributed by atoms with E-state index < -0.39 is 6.36 Å². The SMILES string of the molecule is CSCCCNC(=O)c1ccc2c(c1)nc(Nc1nc3ccc(OC(F)(F)F)cc3s1)n2C.CSCCC[NH-]. The lowest BCUT2D eigenvalue weighted by molar-refractivity contribution is -0.274. The van der Waals surface area contributed by atoms with E-state index in [2.05, 4.69) is 31.6 Å². The molecule has 0 fully saturated rings.